The summed E-state index contributed by atoms with van der Waals surface area (Å²) in [7, 11) is 0. The molecule has 0 aliphatic carbocycles. The maximum atomic E-state index is 5.68. The van der Waals surface area contributed by atoms with Crippen molar-refractivity contribution in [3.05, 3.63) is 65.7 Å². The molecule has 20 heavy (non-hydrogen) atoms. The van der Waals surface area contributed by atoms with E-state index < -0.39 is 0 Å². The first-order chi connectivity index (χ1) is 9.75. The molecule has 0 fully saturated rings. The first-order valence-corrected chi connectivity index (χ1v) is 6.98. The maximum Gasteiger partial charge on any atom is 0.0723 e. The molecule has 0 unspecified atom stereocenters. The van der Waals surface area contributed by atoms with Gasteiger partial charge in [-0.05, 0) is 37.1 Å². The van der Waals surface area contributed by atoms with Crippen LogP contribution >= 0.6 is 0 Å². The van der Waals surface area contributed by atoms with Crippen LogP contribution in [-0.2, 0) is 17.9 Å². The SMILES string of the molecule is CC(C)OCc1ccccc1CNNc1ccccc1. The molecule has 0 heterocycles. The Morgan fingerprint density at radius 2 is 1.55 bits per heavy atom. The van der Waals surface area contributed by atoms with Crippen LogP contribution in [0.5, 0.6) is 0 Å². The number of anilines is 1. The van der Waals surface area contributed by atoms with Gasteiger partial charge in [0.15, 0.2) is 0 Å². The van der Waals surface area contributed by atoms with Gasteiger partial charge in [0.1, 0.15) is 0 Å². The summed E-state index contributed by atoms with van der Waals surface area (Å²) in [5.41, 5.74) is 9.97. The van der Waals surface area contributed by atoms with Crippen molar-refractivity contribution in [1.82, 2.24) is 5.43 Å². The lowest BCUT2D eigenvalue weighted by Gasteiger charge is -2.13. The van der Waals surface area contributed by atoms with Crippen LogP contribution in [0.25, 0.3) is 0 Å². The lowest BCUT2D eigenvalue weighted by molar-refractivity contribution is 0.0652. The topological polar surface area (TPSA) is 33.3 Å². The van der Waals surface area contributed by atoms with Crippen molar-refractivity contribution < 1.29 is 4.74 Å². The van der Waals surface area contributed by atoms with Gasteiger partial charge in [-0.15, -0.1) is 0 Å². The number of hydrogen-bond donors (Lipinski definition) is 2. The molecule has 0 saturated carbocycles. The number of ether oxygens (including phenoxy) is 1. The zero-order valence-electron chi connectivity index (χ0n) is 12.1. The van der Waals surface area contributed by atoms with Crippen molar-refractivity contribution >= 4 is 5.69 Å². The highest BCUT2D eigenvalue weighted by atomic mass is 16.5. The van der Waals surface area contributed by atoms with E-state index in [1.165, 1.54) is 11.1 Å². The van der Waals surface area contributed by atoms with Gasteiger partial charge in [-0.3, -0.25) is 0 Å². The van der Waals surface area contributed by atoms with Crippen LogP contribution in [-0.4, -0.2) is 6.10 Å². The third-order valence-corrected chi connectivity index (χ3v) is 2.98. The van der Waals surface area contributed by atoms with Gasteiger partial charge in [-0.2, -0.15) is 0 Å². The maximum absolute atomic E-state index is 5.68. The van der Waals surface area contributed by atoms with E-state index >= 15 is 0 Å². The van der Waals surface area contributed by atoms with E-state index in [-0.39, 0.29) is 6.10 Å². The van der Waals surface area contributed by atoms with E-state index in [1.807, 2.05) is 36.4 Å². The minimum atomic E-state index is 0.249. The van der Waals surface area contributed by atoms with Crippen molar-refractivity contribution in [2.75, 3.05) is 5.43 Å². The smallest absolute Gasteiger partial charge is 0.0723 e. The summed E-state index contributed by atoms with van der Waals surface area (Å²) >= 11 is 0. The summed E-state index contributed by atoms with van der Waals surface area (Å²) < 4.78 is 5.68. The highest BCUT2D eigenvalue weighted by Crippen LogP contribution is 2.11. The van der Waals surface area contributed by atoms with E-state index in [1.54, 1.807) is 0 Å². The van der Waals surface area contributed by atoms with Crippen LogP contribution in [0.2, 0.25) is 0 Å². The fourth-order valence-electron chi connectivity index (χ4n) is 1.89. The molecule has 3 heteroatoms. The molecular formula is C17H22N2O. The average Bonchev–Trinajstić information content (AvgIpc) is 2.47. The normalized spacial score (nSPS) is 10.8. The number of rotatable bonds is 7. The van der Waals surface area contributed by atoms with Crippen molar-refractivity contribution in [2.45, 2.75) is 33.1 Å². The molecule has 2 aromatic carbocycles. The predicted molar refractivity (Wildman–Crippen MR) is 83.3 cm³/mol. The monoisotopic (exact) mass is 270 g/mol. The van der Waals surface area contributed by atoms with E-state index in [2.05, 4.69) is 42.9 Å². The molecule has 2 aromatic rings. The molecule has 0 spiro atoms. The summed E-state index contributed by atoms with van der Waals surface area (Å²) in [6.07, 6.45) is 0.249. The molecule has 0 amide bonds. The molecule has 0 bridgehead atoms. The molecule has 0 aliphatic rings. The van der Waals surface area contributed by atoms with Gasteiger partial charge in [-0.25, -0.2) is 5.43 Å². The highest BCUT2D eigenvalue weighted by molar-refractivity contribution is 5.41. The molecule has 106 valence electrons. The van der Waals surface area contributed by atoms with Gasteiger partial charge < -0.3 is 10.2 Å². The predicted octanol–water partition coefficient (Wildman–Crippen LogP) is 3.73. The number of benzene rings is 2. The summed E-state index contributed by atoms with van der Waals surface area (Å²) in [6.45, 7) is 5.52. The molecule has 0 aliphatic heterocycles. The van der Waals surface area contributed by atoms with Crippen molar-refractivity contribution in [3.8, 4) is 0 Å². The quantitative estimate of drug-likeness (QED) is 0.752. The number of hydrazine groups is 1. The molecule has 0 saturated heterocycles. The first-order valence-electron chi connectivity index (χ1n) is 6.98. The van der Waals surface area contributed by atoms with Crippen molar-refractivity contribution in [1.29, 1.82) is 0 Å². The van der Waals surface area contributed by atoms with Crippen molar-refractivity contribution in [3.63, 3.8) is 0 Å². The Hall–Kier alpha value is -1.84. The molecule has 0 radical (unpaired) electrons. The van der Waals surface area contributed by atoms with E-state index in [0.717, 1.165) is 12.2 Å². The summed E-state index contributed by atoms with van der Waals surface area (Å²) in [5.74, 6) is 0. The largest absolute Gasteiger partial charge is 0.374 e. The lowest BCUT2D eigenvalue weighted by atomic mass is 10.1. The molecular weight excluding hydrogens is 248 g/mol. The van der Waals surface area contributed by atoms with Gasteiger partial charge in [0.25, 0.3) is 0 Å². The van der Waals surface area contributed by atoms with Crippen LogP contribution in [0, 0.1) is 0 Å². The Morgan fingerprint density at radius 3 is 2.25 bits per heavy atom. The zero-order chi connectivity index (χ0) is 14.2. The number of nitrogens with one attached hydrogen (secondary N) is 2. The molecule has 0 aromatic heterocycles. The summed E-state index contributed by atoms with van der Waals surface area (Å²) in [4.78, 5) is 0. The lowest BCUT2D eigenvalue weighted by Crippen LogP contribution is -2.21. The van der Waals surface area contributed by atoms with Crippen LogP contribution < -0.4 is 10.9 Å². The molecule has 3 nitrogen and oxygen atoms in total. The van der Waals surface area contributed by atoms with E-state index in [0.29, 0.717) is 6.61 Å². The van der Waals surface area contributed by atoms with Crippen LogP contribution in [0.4, 0.5) is 5.69 Å². The minimum Gasteiger partial charge on any atom is -0.374 e. The molecule has 2 N–H and O–H groups in total. The Balaban J connectivity index is 1.89. The van der Waals surface area contributed by atoms with Gasteiger partial charge >= 0.3 is 0 Å². The van der Waals surface area contributed by atoms with Gasteiger partial charge in [-0.1, -0.05) is 42.5 Å². The standard InChI is InChI=1S/C17H22N2O/c1-14(2)20-13-16-9-7-6-8-15(16)12-18-19-17-10-4-3-5-11-17/h3-11,14,18-19H,12-13H2,1-2H3. The average molecular weight is 270 g/mol. The Kier molecular flexibility index (Phi) is 5.59. The summed E-state index contributed by atoms with van der Waals surface area (Å²) in [6, 6.07) is 18.4. The molecule has 0 atom stereocenters. The third kappa shape index (κ3) is 4.68. The minimum absolute atomic E-state index is 0.249. The Bertz CT molecular complexity index is 511. The second-order valence-electron chi connectivity index (χ2n) is 4.97. The van der Waals surface area contributed by atoms with Gasteiger partial charge in [0.05, 0.1) is 12.7 Å². The number of para-hydroxylation sites is 1. The third-order valence-electron chi connectivity index (χ3n) is 2.98. The number of hydrogen-bond acceptors (Lipinski definition) is 3. The van der Waals surface area contributed by atoms with Crippen LogP contribution in [0.15, 0.2) is 54.6 Å². The van der Waals surface area contributed by atoms with Crippen LogP contribution in [0.3, 0.4) is 0 Å². The zero-order valence-corrected chi connectivity index (χ0v) is 12.1. The Labute approximate surface area is 120 Å². The fourth-order valence-corrected chi connectivity index (χ4v) is 1.89. The van der Waals surface area contributed by atoms with Crippen molar-refractivity contribution in [2.24, 2.45) is 0 Å². The first kappa shape index (κ1) is 14.6. The summed E-state index contributed by atoms with van der Waals surface area (Å²) in [5, 5.41) is 0. The molecule has 2 rings (SSSR count). The van der Waals surface area contributed by atoms with Gasteiger partial charge in [0.2, 0.25) is 0 Å². The van der Waals surface area contributed by atoms with Gasteiger partial charge in [0, 0.05) is 12.2 Å². The van der Waals surface area contributed by atoms with E-state index in [4.69, 9.17) is 4.74 Å². The highest BCUT2D eigenvalue weighted by Gasteiger charge is 2.03. The second-order valence-corrected chi connectivity index (χ2v) is 4.97. The van der Waals surface area contributed by atoms with Crippen LogP contribution in [0.1, 0.15) is 25.0 Å². The van der Waals surface area contributed by atoms with E-state index in [9.17, 15) is 0 Å². The fraction of sp³-hybridized carbons (Fsp3) is 0.294. The second kappa shape index (κ2) is 7.68. The Morgan fingerprint density at radius 1 is 0.900 bits per heavy atom.